The summed E-state index contributed by atoms with van der Waals surface area (Å²) in [5.41, 5.74) is 3.56. The van der Waals surface area contributed by atoms with Gasteiger partial charge in [-0.1, -0.05) is 30.3 Å². The molecule has 2 aromatic rings. The normalized spacial score (nSPS) is 15.4. The predicted octanol–water partition coefficient (Wildman–Crippen LogP) is 2.92. The van der Waals surface area contributed by atoms with Gasteiger partial charge in [0.15, 0.2) is 17.5 Å². The molecule has 1 saturated heterocycles. The Morgan fingerprint density at radius 2 is 1.62 bits per heavy atom. The fraction of sp³-hybridized carbons (Fsp3) is 0.480. The summed E-state index contributed by atoms with van der Waals surface area (Å²) in [6.45, 7) is 6.96. The van der Waals surface area contributed by atoms with Crippen molar-refractivity contribution in [2.75, 3.05) is 33.9 Å². The highest BCUT2D eigenvalue weighted by atomic mass is 16.5. The molecule has 3 N–H and O–H groups in total. The summed E-state index contributed by atoms with van der Waals surface area (Å²) in [4.78, 5) is 7.11. The van der Waals surface area contributed by atoms with Gasteiger partial charge in [0.05, 0.1) is 26.9 Å². The van der Waals surface area contributed by atoms with E-state index in [9.17, 15) is 5.11 Å². The molecule has 7 heteroatoms. The molecule has 0 aliphatic carbocycles. The van der Waals surface area contributed by atoms with E-state index in [4.69, 9.17) is 14.5 Å². The minimum absolute atomic E-state index is 0.126. The van der Waals surface area contributed by atoms with Gasteiger partial charge in [0.1, 0.15) is 0 Å². The summed E-state index contributed by atoms with van der Waals surface area (Å²) < 4.78 is 10.7. The summed E-state index contributed by atoms with van der Waals surface area (Å²) >= 11 is 0. The number of nitrogens with one attached hydrogen (secondary N) is 2. The molecule has 0 atom stereocenters. The zero-order chi connectivity index (χ0) is 22.8. The first-order valence-electron chi connectivity index (χ1n) is 11.3. The Hall–Kier alpha value is -2.77. The highest BCUT2D eigenvalue weighted by Gasteiger charge is 2.16. The lowest BCUT2D eigenvalue weighted by atomic mass is 10.1. The molecule has 3 rings (SSSR count). The molecule has 1 aliphatic rings. The number of benzene rings is 2. The van der Waals surface area contributed by atoms with E-state index in [2.05, 4.69) is 46.7 Å². The molecule has 2 aromatic carbocycles. The second-order valence-electron chi connectivity index (χ2n) is 8.06. The maximum Gasteiger partial charge on any atom is 0.191 e. The lowest BCUT2D eigenvalue weighted by Crippen LogP contribution is -2.36. The summed E-state index contributed by atoms with van der Waals surface area (Å²) in [5.74, 6) is 2.20. The average molecular weight is 441 g/mol. The van der Waals surface area contributed by atoms with Crippen LogP contribution in [0, 0.1) is 0 Å². The van der Waals surface area contributed by atoms with E-state index in [0.717, 1.165) is 50.5 Å². The number of likely N-dealkylation sites (tertiary alicyclic amines) is 1. The van der Waals surface area contributed by atoms with Crippen molar-refractivity contribution < 1.29 is 14.6 Å². The number of rotatable bonds is 9. The second-order valence-corrected chi connectivity index (χ2v) is 8.06. The number of aliphatic imine (C=N–C) groups is 1. The number of hydrogen-bond acceptors (Lipinski definition) is 5. The Kier molecular flexibility index (Phi) is 9.19. The summed E-state index contributed by atoms with van der Waals surface area (Å²) in [6, 6.07) is 14.6. The second kappa shape index (κ2) is 12.3. The van der Waals surface area contributed by atoms with Crippen molar-refractivity contribution in [3.05, 3.63) is 59.2 Å². The number of aliphatic hydroxyl groups excluding tert-OH is 1. The topological polar surface area (TPSA) is 78.4 Å². The van der Waals surface area contributed by atoms with E-state index in [1.165, 1.54) is 11.1 Å². The average Bonchev–Trinajstić information content (AvgIpc) is 2.83. The molecule has 1 heterocycles. The molecule has 7 nitrogen and oxygen atoms in total. The summed E-state index contributed by atoms with van der Waals surface area (Å²) in [6.07, 6.45) is 1.62. The lowest BCUT2D eigenvalue weighted by molar-refractivity contribution is 0.0792. The number of methoxy groups -OCH3 is 2. The minimum Gasteiger partial charge on any atom is -0.493 e. The van der Waals surface area contributed by atoms with Crippen LogP contribution in [-0.2, 0) is 19.6 Å². The van der Waals surface area contributed by atoms with Crippen molar-refractivity contribution in [3.8, 4) is 11.5 Å². The zero-order valence-electron chi connectivity index (χ0n) is 19.4. The Bertz CT molecular complexity index is 862. The number of ether oxygens (including phenoxy) is 2. The Balaban J connectivity index is 1.53. The van der Waals surface area contributed by atoms with Gasteiger partial charge >= 0.3 is 0 Å². The van der Waals surface area contributed by atoms with Crippen molar-refractivity contribution in [1.29, 1.82) is 0 Å². The number of guanidine groups is 1. The van der Waals surface area contributed by atoms with Crippen LogP contribution in [0.4, 0.5) is 0 Å². The predicted molar refractivity (Wildman–Crippen MR) is 128 cm³/mol. The third kappa shape index (κ3) is 7.14. The van der Waals surface area contributed by atoms with Gasteiger partial charge < -0.3 is 25.2 Å². The molecule has 0 amide bonds. The quantitative estimate of drug-likeness (QED) is 0.411. The lowest BCUT2D eigenvalue weighted by Gasteiger charge is -2.29. The summed E-state index contributed by atoms with van der Waals surface area (Å²) in [7, 11) is 3.27. The van der Waals surface area contributed by atoms with Crippen LogP contribution < -0.4 is 20.1 Å². The molecule has 0 bridgehead atoms. The highest BCUT2D eigenvalue weighted by molar-refractivity contribution is 5.79. The van der Waals surface area contributed by atoms with Gasteiger partial charge in [-0.2, -0.15) is 0 Å². The number of piperidine rings is 1. The number of aliphatic hydroxyl groups is 1. The van der Waals surface area contributed by atoms with Gasteiger partial charge in [-0.3, -0.25) is 4.90 Å². The van der Waals surface area contributed by atoms with Gasteiger partial charge in [-0.15, -0.1) is 0 Å². The van der Waals surface area contributed by atoms with E-state index in [0.29, 0.717) is 24.6 Å². The largest absolute Gasteiger partial charge is 0.493 e. The van der Waals surface area contributed by atoms with E-state index in [1.807, 2.05) is 18.2 Å². The monoisotopic (exact) mass is 440 g/mol. The maximum absolute atomic E-state index is 9.66. The van der Waals surface area contributed by atoms with Crippen molar-refractivity contribution in [2.24, 2.45) is 4.99 Å². The third-order valence-electron chi connectivity index (χ3n) is 5.66. The maximum atomic E-state index is 9.66. The standard InChI is InChI=1S/C25H36N4O3/c1-4-26-25(28-17-21-9-10-23(31-2)24(15-21)32-3)27-16-19-5-7-20(8-6-19)18-29-13-11-22(30)12-14-29/h5-10,15,22,30H,4,11-14,16-18H2,1-3H3,(H2,26,27,28). The Labute approximate surface area is 191 Å². The van der Waals surface area contributed by atoms with Crippen molar-refractivity contribution in [3.63, 3.8) is 0 Å². The first kappa shape index (κ1) is 23.9. The van der Waals surface area contributed by atoms with E-state index in [-0.39, 0.29) is 6.10 Å². The Morgan fingerprint density at radius 1 is 0.969 bits per heavy atom. The van der Waals surface area contributed by atoms with Crippen LogP contribution >= 0.6 is 0 Å². The SMILES string of the molecule is CCNC(=NCc1ccc(OC)c(OC)c1)NCc1ccc(CN2CCC(O)CC2)cc1. The fourth-order valence-electron chi connectivity index (χ4n) is 3.78. The molecular formula is C25H36N4O3. The molecule has 0 radical (unpaired) electrons. The smallest absolute Gasteiger partial charge is 0.191 e. The minimum atomic E-state index is -0.126. The van der Waals surface area contributed by atoms with E-state index < -0.39 is 0 Å². The molecule has 0 saturated carbocycles. The highest BCUT2D eigenvalue weighted by Crippen LogP contribution is 2.27. The van der Waals surface area contributed by atoms with Gasteiger partial charge in [0, 0.05) is 32.7 Å². The molecule has 32 heavy (non-hydrogen) atoms. The zero-order valence-corrected chi connectivity index (χ0v) is 19.4. The van der Waals surface area contributed by atoms with Crippen molar-refractivity contribution in [1.82, 2.24) is 15.5 Å². The van der Waals surface area contributed by atoms with Crippen molar-refractivity contribution in [2.45, 2.75) is 45.5 Å². The summed E-state index contributed by atoms with van der Waals surface area (Å²) in [5, 5.41) is 16.4. The van der Waals surface area contributed by atoms with Gasteiger partial charge in [-0.25, -0.2) is 4.99 Å². The fourth-order valence-corrected chi connectivity index (χ4v) is 3.78. The molecule has 0 unspecified atom stereocenters. The molecule has 0 aromatic heterocycles. The van der Waals surface area contributed by atoms with E-state index in [1.54, 1.807) is 14.2 Å². The van der Waals surface area contributed by atoms with E-state index >= 15 is 0 Å². The molecular weight excluding hydrogens is 404 g/mol. The molecule has 0 spiro atoms. The third-order valence-corrected chi connectivity index (χ3v) is 5.66. The van der Waals surface area contributed by atoms with Crippen LogP contribution in [0.1, 0.15) is 36.5 Å². The number of nitrogens with zero attached hydrogens (tertiary/aromatic N) is 2. The van der Waals surface area contributed by atoms with Gasteiger partial charge in [0.2, 0.25) is 0 Å². The Morgan fingerprint density at radius 3 is 2.28 bits per heavy atom. The van der Waals surface area contributed by atoms with Gasteiger partial charge in [-0.05, 0) is 48.6 Å². The van der Waals surface area contributed by atoms with Crippen LogP contribution in [0.5, 0.6) is 11.5 Å². The molecule has 1 fully saturated rings. The van der Waals surface area contributed by atoms with Crippen molar-refractivity contribution >= 4 is 5.96 Å². The van der Waals surface area contributed by atoms with Crippen LogP contribution in [0.15, 0.2) is 47.5 Å². The van der Waals surface area contributed by atoms with Crippen LogP contribution in [0.3, 0.4) is 0 Å². The molecule has 1 aliphatic heterocycles. The molecule has 174 valence electrons. The first-order valence-corrected chi connectivity index (χ1v) is 11.3. The first-order chi connectivity index (χ1) is 15.6. The van der Waals surface area contributed by atoms with Gasteiger partial charge in [0.25, 0.3) is 0 Å². The number of hydrogen-bond donors (Lipinski definition) is 3. The van der Waals surface area contributed by atoms with Crippen LogP contribution in [0.25, 0.3) is 0 Å². The van der Waals surface area contributed by atoms with Crippen LogP contribution in [-0.4, -0.2) is 55.9 Å². The van der Waals surface area contributed by atoms with Crippen LogP contribution in [0.2, 0.25) is 0 Å².